The average Bonchev–Trinajstić information content (AvgIpc) is 2.59. The van der Waals surface area contributed by atoms with E-state index in [1.54, 1.807) is 20.8 Å². The van der Waals surface area contributed by atoms with Gasteiger partial charge in [0.25, 0.3) is 0 Å². The van der Waals surface area contributed by atoms with E-state index in [1.165, 1.54) is 0 Å². The van der Waals surface area contributed by atoms with Crippen LogP contribution in [0, 0.1) is 0 Å². The highest BCUT2D eigenvalue weighted by Gasteiger charge is 2.24. The molecule has 0 unspecified atom stereocenters. The predicted octanol–water partition coefficient (Wildman–Crippen LogP) is 1.72. The Morgan fingerprint density at radius 1 is 1.15 bits per heavy atom. The Morgan fingerprint density at radius 2 is 1.81 bits per heavy atom. The second-order valence-corrected chi connectivity index (χ2v) is 6.79. The summed E-state index contributed by atoms with van der Waals surface area (Å²) in [5, 5.41) is 4.83. The van der Waals surface area contributed by atoms with E-state index >= 15 is 0 Å². The number of aldehydes is 1. The van der Waals surface area contributed by atoms with Crippen LogP contribution in [0.1, 0.15) is 39.2 Å². The first-order valence-corrected chi connectivity index (χ1v) is 8.61. The highest BCUT2D eigenvalue weighted by molar-refractivity contribution is 5.87. The van der Waals surface area contributed by atoms with Crippen molar-refractivity contribution in [1.29, 1.82) is 0 Å². The van der Waals surface area contributed by atoms with Gasteiger partial charge in [-0.3, -0.25) is 9.59 Å². The number of carbonyl (C=O) groups excluding carboxylic acids is 4. The summed E-state index contributed by atoms with van der Waals surface area (Å²) in [6.45, 7) is 5.23. The molecule has 0 saturated carbocycles. The molecule has 0 spiro atoms. The van der Waals surface area contributed by atoms with Gasteiger partial charge in [0.15, 0.2) is 0 Å². The summed E-state index contributed by atoms with van der Waals surface area (Å²) in [6.07, 6.45) is -0.510. The third-order valence-electron chi connectivity index (χ3n) is 3.21. The van der Waals surface area contributed by atoms with Gasteiger partial charge in [-0.15, -0.1) is 0 Å². The number of hydrogen-bond acceptors (Lipinski definition) is 6. The molecular formula is C19H26N2O6. The average molecular weight is 378 g/mol. The van der Waals surface area contributed by atoms with Gasteiger partial charge in [-0.05, 0) is 26.3 Å². The molecule has 0 bridgehead atoms. The maximum absolute atomic E-state index is 12.1. The van der Waals surface area contributed by atoms with Crippen LogP contribution in [0.4, 0.5) is 4.79 Å². The molecule has 148 valence electrons. The normalized spacial score (nSPS) is 11.8. The third kappa shape index (κ3) is 9.98. The zero-order valence-electron chi connectivity index (χ0n) is 15.8. The lowest BCUT2D eigenvalue weighted by molar-refractivity contribution is -0.144. The number of amides is 2. The number of carbonyl (C=O) groups is 4. The van der Waals surface area contributed by atoms with Crippen molar-refractivity contribution in [3.63, 3.8) is 0 Å². The molecule has 8 heteroatoms. The Hall–Kier alpha value is -2.90. The van der Waals surface area contributed by atoms with E-state index in [4.69, 9.17) is 9.47 Å². The van der Waals surface area contributed by atoms with Crippen molar-refractivity contribution in [3.8, 4) is 0 Å². The molecular weight excluding hydrogens is 352 g/mol. The topological polar surface area (TPSA) is 111 Å². The standard InChI is InChI=1S/C19H26N2O6/c1-19(2,3)27-18(25)21-15(10-12-22)17(24)20-11-9-16(23)26-13-14-7-5-4-6-8-14/h4-8,12,15H,9-11,13H2,1-3H3,(H,20,24)(H,21,25)/t15-/m0/s1. The Labute approximate surface area is 158 Å². The van der Waals surface area contributed by atoms with Gasteiger partial charge in [-0.2, -0.15) is 0 Å². The van der Waals surface area contributed by atoms with Gasteiger partial charge in [-0.25, -0.2) is 4.79 Å². The minimum atomic E-state index is -1.07. The fourth-order valence-electron chi connectivity index (χ4n) is 2.00. The molecule has 0 aliphatic carbocycles. The van der Waals surface area contributed by atoms with Crippen LogP contribution in [0.15, 0.2) is 30.3 Å². The largest absolute Gasteiger partial charge is 0.461 e. The molecule has 27 heavy (non-hydrogen) atoms. The summed E-state index contributed by atoms with van der Waals surface area (Å²) in [5.74, 6) is -1.05. The predicted molar refractivity (Wildman–Crippen MR) is 97.7 cm³/mol. The molecule has 1 atom stereocenters. The van der Waals surface area contributed by atoms with Crippen LogP contribution < -0.4 is 10.6 Å². The van der Waals surface area contributed by atoms with Crippen LogP contribution in [0.5, 0.6) is 0 Å². The van der Waals surface area contributed by atoms with Crippen molar-refractivity contribution in [2.24, 2.45) is 0 Å². The van der Waals surface area contributed by atoms with Crippen LogP contribution in [0.2, 0.25) is 0 Å². The molecule has 0 aromatic heterocycles. The molecule has 0 heterocycles. The van der Waals surface area contributed by atoms with Crippen molar-refractivity contribution in [1.82, 2.24) is 10.6 Å². The zero-order chi connectivity index (χ0) is 20.3. The van der Waals surface area contributed by atoms with E-state index in [0.29, 0.717) is 6.29 Å². The number of benzene rings is 1. The highest BCUT2D eigenvalue weighted by Crippen LogP contribution is 2.07. The first kappa shape index (κ1) is 22.1. The summed E-state index contributed by atoms with van der Waals surface area (Å²) in [4.78, 5) is 46.3. The summed E-state index contributed by atoms with van der Waals surface area (Å²) >= 11 is 0. The van der Waals surface area contributed by atoms with Gasteiger partial charge in [0.05, 0.1) is 6.42 Å². The number of hydrogen-bond donors (Lipinski definition) is 2. The van der Waals surface area contributed by atoms with Gasteiger partial charge in [-0.1, -0.05) is 30.3 Å². The summed E-state index contributed by atoms with van der Waals surface area (Å²) in [5.41, 5.74) is 0.136. The SMILES string of the molecule is CC(C)(C)OC(=O)N[C@@H](CC=O)C(=O)NCCC(=O)OCc1ccccc1. The number of alkyl carbamates (subject to hydrolysis) is 1. The molecule has 1 rings (SSSR count). The van der Waals surface area contributed by atoms with Gasteiger partial charge in [0.1, 0.15) is 24.5 Å². The van der Waals surface area contributed by atoms with Crippen LogP contribution in [-0.2, 0) is 30.5 Å². The minimum absolute atomic E-state index is 0.0256. The van der Waals surface area contributed by atoms with E-state index in [0.717, 1.165) is 5.56 Å². The number of ether oxygens (including phenoxy) is 2. The van der Waals surface area contributed by atoms with Crippen molar-refractivity contribution >= 4 is 24.3 Å². The molecule has 2 N–H and O–H groups in total. The Bertz CT molecular complexity index is 639. The number of esters is 1. The summed E-state index contributed by atoms with van der Waals surface area (Å²) in [7, 11) is 0. The van der Waals surface area contributed by atoms with E-state index < -0.39 is 29.6 Å². The van der Waals surface area contributed by atoms with Gasteiger partial charge < -0.3 is 24.9 Å². The lowest BCUT2D eigenvalue weighted by Crippen LogP contribution is -2.48. The lowest BCUT2D eigenvalue weighted by atomic mass is 10.2. The van der Waals surface area contributed by atoms with Gasteiger partial charge in [0.2, 0.25) is 5.91 Å². The van der Waals surface area contributed by atoms with E-state index in [-0.39, 0.29) is 26.0 Å². The van der Waals surface area contributed by atoms with Crippen molar-refractivity contribution in [2.45, 2.75) is 51.9 Å². The second-order valence-electron chi connectivity index (χ2n) is 6.79. The fraction of sp³-hybridized carbons (Fsp3) is 0.474. The maximum atomic E-state index is 12.1. The third-order valence-corrected chi connectivity index (χ3v) is 3.21. The molecule has 0 fully saturated rings. The molecule has 8 nitrogen and oxygen atoms in total. The van der Waals surface area contributed by atoms with Crippen LogP contribution in [-0.4, -0.2) is 42.4 Å². The fourth-order valence-corrected chi connectivity index (χ4v) is 2.00. The first-order valence-electron chi connectivity index (χ1n) is 8.61. The van der Waals surface area contributed by atoms with Crippen molar-refractivity contribution in [2.75, 3.05) is 6.54 Å². The number of rotatable bonds is 9. The molecule has 2 amide bonds. The maximum Gasteiger partial charge on any atom is 0.408 e. The van der Waals surface area contributed by atoms with Crippen LogP contribution in [0.25, 0.3) is 0 Å². The monoisotopic (exact) mass is 378 g/mol. The lowest BCUT2D eigenvalue weighted by Gasteiger charge is -2.22. The summed E-state index contributed by atoms with van der Waals surface area (Å²) < 4.78 is 10.2. The van der Waals surface area contributed by atoms with Gasteiger partial charge >= 0.3 is 12.1 Å². The highest BCUT2D eigenvalue weighted by atomic mass is 16.6. The van der Waals surface area contributed by atoms with Crippen molar-refractivity contribution < 1.29 is 28.7 Å². The Balaban J connectivity index is 2.37. The second kappa shape index (κ2) is 10.9. The first-order chi connectivity index (χ1) is 12.7. The molecule has 0 aliphatic rings. The van der Waals surface area contributed by atoms with Crippen LogP contribution >= 0.6 is 0 Å². The van der Waals surface area contributed by atoms with E-state index in [9.17, 15) is 19.2 Å². The quantitative estimate of drug-likeness (QED) is 0.500. The number of nitrogens with one attached hydrogen (secondary N) is 2. The van der Waals surface area contributed by atoms with Gasteiger partial charge in [0, 0.05) is 13.0 Å². The Morgan fingerprint density at radius 3 is 2.41 bits per heavy atom. The molecule has 0 saturated heterocycles. The van der Waals surface area contributed by atoms with E-state index in [2.05, 4.69) is 10.6 Å². The molecule has 1 aromatic carbocycles. The van der Waals surface area contributed by atoms with Crippen molar-refractivity contribution in [3.05, 3.63) is 35.9 Å². The van der Waals surface area contributed by atoms with Crippen LogP contribution in [0.3, 0.4) is 0 Å². The smallest absolute Gasteiger partial charge is 0.408 e. The van der Waals surface area contributed by atoms with E-state index in [1.807, 2.05) is 30.3 Å². The molecule has 1 aromatic rings. The Kier molecular flexibility index (Phi) is 8.98. The molecule has 0 aliphatic heterocycles. The zero-order valence-corrected chi connectivity index (χ0v) is 15.8. The summed E-state index contributed by atoms with van der Waals surface area (Å²) in [6, 6.07) is 8.14. The minimum Gasteiger partial charge on any atom is -0.461 e. The molecule has 0 radical (unpaired) electrons.